The number of rotatable bonds is 5. The molecule has 4 rings (SSSR count). The Hall–Kier alpha value is -2.51. The van der Waals surface area contributed by atoms with E-state index in [1.807, 2.05) is 17.3 Å². The zero-order valence-corrected chi connectivity index (χ0v) is 17.5. The molecule has 6 nitrogen and oxygen atoms in total. The Morgan fingerprint density at radius 3 is 2.97 bits per heavy atom. The van der Waals surface area contributed by atoms with E-state index < -0.39 is 5.82 Å². The lowest BCUT2D eigenvalue weighted by Gasteiger charge is -2.41. The van der Waals surface area contributed by atoms with E-state index in [0.717, 1.165) is 32.4 Å². The molecule has 2 aliphatic heterocycles. The second kappa shape index (κ2) is 9.10. The number of nitrogens with one attached hydrogen (secondary N) is 2. The number of halogens is 1. The second-order valence-corrected chi connectivity index (χ2v) is 8.19. The molecular weight excluding hydrogens is 383 g/mol. The van der Waals surface area contributed by atoms with Gasteiger partial charge >= 0.3 is 0 Å². The summed E-state index contributed by atoms with van der Waals surface area (Å²) in [5.41, 5.74) is 9.84. The lowest BCUT2D eigenvalue weighted by molar-refractivity contribution is -0.135. The van der Waals surface area contributed by atoms with Gasteiger partial charge < -0.3 is 9.64 Å². The van der Waals surface area contributed by atoms with Crippen LogP contribution in [0.3, 0.4) is 0 Å². The zero-order valence-electron chi connectivity index (χ0n) is 17.5. The molecule has 2 aliphatic rings. The van der Waals surface area contributed by atoms with Crippen molar-refractivity contribution in [3.63, 3.8) is 0 Å². The molecule has 2 fully saturated rings. The maximum absolute atomic E-state index is 14.1. The van der Waals surface area contributed by atoms with E-state index in [1.54, 1.807) is 12.1 Å². The number of hydrogen-bond acceptors (Lipinski definition) is 5. The number of aryl methyl sites for hydroxylation is 1. The van der Waals surface area contributed by atoms with Crippen LogP contribution in [0, 0.1) is 12.7 Å². The van der Waals surface area contributed by atoms with Crippen molar-refractivity contribution in [2.75, 3.05) is 20.2 Å². The maximum Gasteiger partial charge on any atom is 0.227 e. The Balaban J connectivity index is 1.53. The van der Waals surface area contributed by atoms with Gasteiger partial charge in [-0.3, -0.25) is 20.6 Å². The van der Waals surface area contributed by atoms with Crippen LogP contribution in [-0.4, -0.2) is 48.1 Å². The van der Waals surface area contributed by atoms with Crippen molar-refractivity contribution in [1.29, 1.82) is 0 Å². The smallest absolute Gasteiger partial charge is 0.227 e. The lowest BCUT2D eigenvalue weighted by atomic mass is 9.83. The fraction of sp³-hybridized carbons (Fsp3) is 0.478. The van der Waals surface area contributed by atoms with Crippen LogP contribution in [-0.2, 0) is 11.2 Å². The Labute approximate surface area is 176 Å². The molecule has 2 aromatic rings. The van der Waals surface area contributed by atoms with Crippen LogP contribution in [0.25, 0.3) is 0 Å². The molecule has 3 atom stereocenters. The fourth-order valence-corrected chi connectivity index (χ4v) is 4.82. The van der Waals surface area contributed by atoms with E-state index in [9.17, 15) is 9.18 Å². The number of aromatic nitrogens is 1. The SMILES string of the molecule is COc1ccc(CC(=O)N2CCCCC2C2NNCC2c2ccncc2C)cc1F. The van der Waals surface area contributed by atoms with E-state index in [1.165, 1.54) is 24.3 Å². The maximum atomic E-state index is 14.1. The molecule has 0 bridgehead atoms. The number of hydrazine groups is 1. The van der Waals surface area contributed by atoms with Gasteiger partial charge in [0.15, 0.2) is 11.6 Å². The van der Waals surface area contributed by atoms with E-state index in [0.29, 0.717) is 5.56 Å². The number of pyridine rings is 1. The average Bonchev–Trinajstić information content (AvgIpc) is 3.23. The number of hydrogen-bond donors (Lipinski definition) is 2. The molecular formula is C23H29FN4O2. The molecule has 2 saturated heterocycles. The third-order valence-corrected chi connectivity index (χ3v) is 6.34. The van der Waals surface area contributed by atoms with Gasteiger partial charge in [-0.2, -0.15) is 0 Å². The molecule has 0 aliphatic carbocycles. The van der Waals surface area contributed by atoms with Gasteiger partial charge in [-0.25, -0.2) is 4.39 Å². The van der Waals surface area contributed by atoms with Crippen molar-refractivity contribution in [2.45, 2.75) is 50.6 Å². The summed E-state index contributed by atoms with van der Waals surface area (Å²) in [5, 5.41) is 0. The summed E-state index contributed by atoms with van der Waals surface area (Å²) in [6.45, 7) is 3.64. The molecule has 3 unspecified atom stereocenters. The van der Waals surface area contributed by atoms with Crippen LogP contribution in [0.5, 0.6) is 5.75 Å². The van der Waals surface area contributed by atoms with Crippen LogP contribution < -0.4 is 15.6 Å². The first kappa shape index (κ1) is 20.8. The second-order valence-electron chi connectivity index (χ2n) is 8.19. The van der Waals surface area contributed by atoms with Crippen molar-refractivity contribution >= 4 is 5.91 Å². The van der Waals surface area contributed by atoms with E-state index in [-0.39, 0.29) is 36.1 Å². The van der Waals surface area contributed by atoms with Crippen LogP contribution in [0.4, 0.5) is 4.39 Å². The molecule has 1 aromatic heterocycles. The summed E-state index contributed by atoms with van der Waals surface area (Å²) >= 11 is 0. The predicted molar refractivity (Wildman–Crippen MR) is 113 cm³/mol. The number of nitrogens with zero attached hydrogens (tertiary/aromatic N) is 2. The molecule has 160 valence electrons. The predicted octanol–water partition coefficient (Wildman–Crippen LogP) is 2.72. The quantitative estimate of drug-likeness (QED) is 0.791. The van der Waals surface area contributed by atoms with Crippen LogP contribution in [0.15, 0.2) is 36.7 Å². The molecule has 0 radical (unpaired) electrons. The summed E-state index contributed by atoms with van der Waals surface area (Å²) in [7, 11) is 1.44. The summed E-state index contributed by atoms with van der Waals surface area (Å²) in [4.78, 5) is 19.4. The zero-order chi connectivity index (χ0) is 21.1. The third kappa shape index (κ3) is 4.18. The van der Waals surface area contributed by atoms with Crippen LogP contribution in [0.2, 0.25) is 0 Å². The normalized spacial score (nSPS) is 24.1. The lowest BCUT2D eigenvalue weighted by Crippen LogP contribution is -2.55. The highest BCUT2D eigenvalue weighted by Crippen LogP contribution is 2.32. The summed E-state index contributed by atoms with van der Waals surface area (Å²) in [5.74, 6) is 0.0692. The van der Waals surface area contributed by atoms with E-state index in [4.69, 9.17) is 4.74 Å². The molecule has 0 saturated carbocycles. The van der Waals surface area contributed by atoms with Gasteiger partial charge in [0.25, 0.3) is 0 Å². The number of carbonyl (C=O) groups is 1. The van der Waals surface area contributed by atoms with Gasteiger partial charge in [0.1, 0.15) is 0 Å². The number of likely N-dealkylation sites (tertiary alicyclic amines) is 1. The van der Waals surface area contributed by atoms with Crippen LogP contribution >= 0.6 is 0 Å². The first-order valence-electron chi connectivity index (χ1n) is 10.6. The minimum atomic E-state index is -0.437. The van der Waals surface area contributed by atoms with Gasteiger partial charge in [-0.1, -0.05) is 6.07 Å². The highest BCUT2D eigenvalue weighted by molar-refractivity contribution is 5.79. The Kier molecular flexibility index (Phi) is 6.29. The Morgan fingerprint density at radius 1 is 1.33 bits per heavy atom. The fourth-order valence-electron chi connectivity index (χ4n) is 4.82. The largest absolute Gasteiger partial charge is 0.494 e. The first-order chi connectivity index (χ1) is 14.6. The van der Waals surface area contributed by atoms with Crippen molar-refractivity contribution in [3.8, 4) is 5.75 Å². The standard InChI is InChI=1S/C23H29FN4O2/c1-15-13-25-9-8-17(15)18-14-26-27-23(18)20-5-3-4-10-28(20)22(29)12-16-6-7-21(30-2)19(24)11-16/h6-9,11,13,18,20,23,26-27H,3-5,10,12,14H2,1-2H3. The minimum Gasteiger partial charge on any atom is -0.494 e. The van der Waals surface area contributed by atoms with Gasteiger partial charge in [0.2, 0.25) is 5.91 Å². The number of amides is 1. The topological polar surface area (TPSA) is 66.5 Å². The monoisotopic (exact) mass is 412 g/mol. The number of piperidine rings is 1. The molecule has 1 amide bonds. The van der Waals surface area contributed by atoms with Gasteiger partial charge in [0.05, 0.1) is 13.5 Å². The number of benzene rings is 1. The van der Waals surface area contributed by atoms with Gasteiger partial charge in [0, 0.05) is 43.5 Å². The van der Waals surface area contributed by atoms with E-state index >= 15 is 0 Å². The van der Waals surface area contributed by atoms with Crippen molar-refractivity contribution in [1.82, 2.24) is 20.7 Å². The summed E-state index contributed by atoms with van der Waals surface area (Å²) in [6.07, 6.45) is 6.98. The Morgan fingerprint density at radius 2 is 2.20 bits per heavy atom. The number of ether oxygens (including phenoxy) is 1. The number of carbonyl (C=O) groups excluding carboxylic acids is 1. The molecule has 7 heteroatoms. The van der Waals surface area contributed by atoms with Gasteiger partial charge in [-0.05, 0) is 61.1 Å². The molecule has 0 spiro atoms. The molecule has 1 aromatic carbocycles. The molecule has 30 heavy (non-hydrogen) atoms. The first-order valence-corrected chi connectivity index (χ1v) is 10.6. The van der Waals surface area contributed by atoms with Crippen molar-refractivity contribution in [2.24, 2.45) is 0 Å². The van der Waals surface area contributed by atoms with E-state index in [2.05, 4.69) is 28.8 Å². The average molecular weight is 413 g/mol. The third-order valence-electron chi connectivity index (χ3n) is 6.34. The van der Waals surface area contributed by atoms with Crippen molar-refractivity contribution < 1.29 is 13.9 Å². The minimum absolute atomic E-state index is 0.0446. The highest BCUT2D eigenvalue weighted by Gasteiger charge is 2.40. The highest BCUT2D eigenvalue weighted by atomic mass is 19.1. The van der Waals surface area contributed by atoms with Crippen molar-refractivity contribution in [3.05, 3.63) is 59.2 Å². The summed E-state index contributed by atoms with van der Waals surface area (Å²) < 4.78 is 19.0. The summed E-state index contributed by atoms with van der Waals surface area (Å²) in [6, 6.07) is 7.04. The Bertz CT molecular complexity index is 907. The molecule has 3 heterocycles. The van der Waals surface area contributed by atoms with Crippen LogP contribution in [0.1, 0.15) is 41.9 Å². The number of methoxy groups -OCH3 is 1. The molecule has 2 N–H and O–H groups in total. The van der Waals surface area contributed by atoms with Gasteiger partial charge in [-0.15, -0.1) is 0 Å².